The van der Waals surface area contributed by atoms with Crippen LogP contribution in [-0.2, 0) is 37.5 Å². The topological polar surface area (TPSA) is 192 Å². The average Bonchev–Trinajstić information content (AvgIpc) is 3.16. The molecule has 12 nitrogen and oxygen atoms in total. The number of rotatable bonds is 36. The summed E-state index contributed by atoms with van der Waals surface area (Å²) in [5.74, 6) is -2.70. The maximum absolute atomic E-state index is 12.6. The van der Waals surface area contributed by atoms with Crippen molar-refractivity contribution in [3.63, 3.8) is 0 Å². The third-order valence-electron chi connectivity index (χ3n) is 8.09. The minimum Gasteiger partial charge on any atom is -0.480 e. The molecule has 2 unspecified atom stereocenters. The number of esters is 2. The highest BCUT2D eigenvalue weighted by Crippen LogP contribution is 2.43. The number of ether oxygens (including phenoxy) is 2. The molecule has 0 aromatic heterocycles. The minimum absolute atomic E-state index is 0.0426. The molecule has 0 bridgehead atoms. The number of carboxylic acids is 1. The second kappa shape index (κ2) is 36.5. The van der Waals surface area contributed by atoms with Crippen molar-refractivity contribution in [2.24, 2.45) is 5.73 Å². The molecule has 0 fully saturated rings. The summed E-state index contributed by atoms with van der Waals surface area (Å²) in [4.78, 5) is 45.8. The summed E-state index contributed by atoms with van der Waals surface area (Å²) >= 11 is 0. The smallest absolute Gasteiger partial charge is 0.472 e. The molecule has 314 valence electrons. The number of aliphatic hydroxyl groups is 1. The summed E-state index contributed by atoms with van der Waals surface area (Å²) in [6, 6.07) is -1.56. The van der Waals surface area contributed by atoms with Gasteiger partial charge in [0.15, 0.2) is 6.10 Å². The van der Waals surface area contributed by atoms with Gasteiger partial charge in [-0.05, 0) is 44.9 Å². The van der Waals surface area contributed by atoms with Crippen LogP contribution in [0.15, 0.2) is 72.9 Å². The fourth-order valence-corrected chi connectivity index (χ4v) is 5.66. The summed E-state index contributed by atoms with van der Waals surface area (Å²) in [5, 5.41) is 19.2. The van der Waals surface area contributed by atoms with Crippen LogP contribution in [0, 0.1) is 0 Å². The molecule has 55 heavy (non-hydrogen) atoms. The third-order valence-corrected chi connectivity index (χ3v) is 9.04. The first-order valence-corrected chi connectivity index (χ1v) is 21.6. The van der Waals surface area contributed by atoms with Gasteiger partial charge in [-0.1, -0.05) is 151 Å². The number of carbonyl (C=O) groups is 3. The van der Waals surface area contributed by atoms with Crippen molar-refractivity contribution in [1.82, 2.24) is 0 Å². The second-order valence-corrected chi connectivity index (χ2v) is 14.7. The molecular weight excluding hydrogens is 725 g/mol. The number of allylic oxidation sites excluding steroid dienone is 11. The Labute approximate surface area is 330 Å². The van der Waals surface area contributed by atoms with E-state index in [1.807, 2.05) is 6.08 Å². The van der Waals surface area contributed by atoms with Crippen molar-refractivity contribution in [2.75, 3.05) is 19.8 Å². The molecule has 0 aliphatic heterocycles. The maximum Gasteiger partial charge on any atom is 0.472 e. The first-order valence-electron chi connectivity index (χ1n) is 20.1. The minimum atomic E-state index is -4.78. The van der Waals surface area contributed by atoms with Gasteiger partial charge in [-0.25, -0.2) is 4.57 Å². The lowest BCUT2D eigenvalue weighted by Crippen LogP contribution is -2.34. The molecule has 0 amide bonds. The van der Waals surface area contributed by atoms with Crippen LogP contribution in [0.1, 0.15) is 136 Å². The zero-order valence-corrected chi connectivity index (χ0v) is 34.2. The zero-order chi connectivity index (χ0) is 40.8. The van der Waals surface area contributed by atoms with Crippen molar-refractivity contribution >= 4 is 25.7 Å². The Bertz CT molecular complexity index is 1230. The monoisotopic (exact) mass is 795 g/mol. The maximum atomic E-state index is 12.6. The molecule has 0 aromatic rings. The Kier molecular flexibility index (Phi) is 34.4. The van der Waals surface area contributed by atoms with E-state index < -0.39 is 63.8 Å². The van der Waals surface area contributed by atoms with E-state index in [0.29, 0.717) is 6.42 Å². The van der Waals surface area contributed by atoms with E-state index in [0.717, 1.165) is 51.4 Å². The van der Waals surface area contributed by atoms with Gasteiger partial charge < -0.3 is 30.3 Å². The lowest BCUT2D eigenvalue weighted by Gasteiger charge is -2.20. The highest BCUT2D eigenvalue weighted by molar-refractivity contribution is 7.47. The Hall–Kier alpha value is -3.12. The molecule has 0 aliphatic rings. The zero-order valence-electron chi connectivity index (χ0n) is 33.3. The van der Waals surface area contributed by atoms with Crippen molar-refractivity contribution in [1.29, 1.82) is 0 Å². The van der Waals surface area contributed by atoms with E-state index in [-0.39, 0.29) is 19.3 Å². The van der Waals surface area contributed by atoms with Crippen LogP contribution < -0.4 is 5.73 Å². The number of aliphatic carboxylic acids is 1. The highest BCUT2D eigenvalue weighted by Gasteiger charge is 2.28. The molecule has 0 saturated carbocycles. The average molecular weight is 796 g/mol. The number of carboxylic acid groups (broad SMARTS) is 1. The van der Waals surface area contributed by atoms with E-state index in [1.165, 1.54) is 44.9 Å². The van der Waals surface area contributed by atoms with Crippen LogP contribution >= 0.6 is 7.82 Å². The summed E-state index contributed by atoms with van der Waals surface area (Å²) < 4.78 is 32.4. The number of phosphoric acid groups is 1. The molecule has 0 heterocycles. The second-order valence-electron chi connectivity index (χ2n) is 13.2. The van der Waals surface area contributed by atoms with Crippen LogP contribution in [0.2, 0.25) is 0 Å². The summed E-state index contributed by atoms with van der Waals surface area (Å²) in [5.41, 5.74) is 5.30. The number of unbranched alkanes of at least 4 members (excludes halogenated alkanes) is 10. The molecular formula is C42H70NO11P. The molecule has 4 atom stereocenters. The van der Waals surface area contributed by atoms with Gasteiger partial charge in [-0.2, -0.15) is 0 Å². The van der Waals surface area contributed by atoms with Crippen molar-refractivity contribution < 1.29 is 52.6 Å². The Morgan fingerprint density at radius 3 is 1.71 bits per heavy atom. The number of carbonyl (C=O) groups excluding carboxylic acids is 2. The standard InChI is InChI=1S/C42H70NO11P/c1-3-5-7-9-11-13-15-16-17-18-19-21-22-24-26-28-30-37(44)32-33-41(46)54-38(35-52-55(49,50)53-36-39(43)42(47)48)34-51-40(45)31-29-27-25-23-20-14-12-10-8-6-4-2/h5,7,11,13,16-17,19,21,24,26,28,30,37-39,44H,3-4,6,8-10,12,14-15,18,20,22-23,25,27,29,31-36,43H2,1-2H3,(H,47,48)(H,49,50)/b7-5-,13-11-,17-16-,21-19-,26-24-,30-28-/t37?,38-,39+/m1/s1. The van der Waals surface area contributed by atoms with Gasteiger partial charge in [0, 0.05) is 12.8 Å². The quantitative estimate of drug-likeness (QED) is 0.0155. The Morgan fingerprint density at radius 2 is 1.16 bits per heavy atom. The Morgan fingerprint density at radius 1 is 0.655 bits per heavy atom. The van der Waals surface area contributed by atoms with Crippen LogP contribution in [0.4, 0.5) is 0 Å². The van der Waals surface area contributed by atoms with Crippen LogP contribution in [0.25, 0.3) is 0 Å². The van der Waals surface area contributed by atoms with E-state index in [2.05, 4.69) is 67.0 Å². The molecule has 0 aromatic carbocycles. The molecule has 0 aliphatic carbocycles. The SMILES string of the molecule is CC/C=C\C/C=C\C/C=C\C/C=C\C/C=C\C=C/C(O)CCC(=O)O[C@H](COC(=O)CCCCCCCCCCCCC)COP(=O)(O)OC[C@H](N)C(=O)O. The third kappa shape index (κ3) is 36.3. The van der Waals surface area contributed by atoms with Crippen molar-refractivity contribution in [3.8, 4) is 0 Å². The van der Waals surface area contributed by atoms with Gasteiger partial charge in [0.25, 0.3) is 0 Å². The first-order chi connectivity index (χ1) is 26.5. The lowest BCUT2D eigenvalue weighted by atomic mass is 10.1. The molecule has 0 saturated heterocycles. The highest BCUT2D eigenvalue weighted by atomic mass is 31.2. The van der Waals surface area contributed by atoms with Gasteiger partial charge in [-0.3, -0.25) is 23.4 Å². The molecule has 0 rings (SSSR count). The van der Waals surface area contributed by atoms with Gasteiger partial charge in [0.05, 0.1) is 19.3 Å². The lowest BCUT2D eigenvalue weighted by molar-refractivity contribution is -0.161. The first kappa shape index (κ1) is 51.9. The van der Waals surface area contributed by atoms with Gasteiger partial charge in [0.2, 0.25) is 0 Å². The molecule has 0 radical (unpaired) electrons. The molecule has 5 N–H and O–H groups in total. The van der Waals surface area contributed by atoms with E-state index >= 15 is 0 Å². The number of aliphatic hydroxyl groups excluding tert-OH is 1. The number of hydrogen-bond acceptors (Lipinski definition) is 10. The largest absolute Gasteiger partial charge is 0.480 e. The van der Waals surface area contributed by atoms with Crippen LogP contribution in [-0.4, -0.2) is 71.1 Å². The van der Waals surface area contributed by atoms with Gasteiger partial charge in [0.1, 0.15) is 12.6 Å². The predicted octanol–water partition coefficient (Wildman–Crippen LogP) is 9.14. The van der Waals surface area contributed by atoms with E-state index in [1.54, 1.807) is 18.2 Å². The predicted molar refractivity (Wildman–Crippen MR) is 218 cm³/mol. The van der Waals surface area contributed by atoms with E-state index in [4.69, 9.17) is 24.8 Å². The summed E-state index contributed by atoms with van der Waals surface area (Å²) in [6.07, 6.45) is 38.8. The van der Waals surface area contributed by atoms with Gasteiger partial charge >= 0.3 is 25.7 Å². The number of hydrogen-bond donors (Lipinski definition) is 4. The van der Waals surface area contributed by atoms with Crippen molar-refractivity contribution in [3.05, 3.63) is 72.9 Å². The van der Waals surface area contributed by atoms with Crippen LogP contribution in [0.5, 0.6) is 0 Å². The number of phosphoric ester groups is 1. The molecule has 13 heteroatoms. The van der Waals surface area contributed by atoms with Crippen LogP contribution in [0.3, 0.4) is 0 Å². The fraction of sp³-hybridized carbons (Fsp3) is 0.643. The number of nitrogens with two attached hydrogens (primary N) is 1. The normalized spacial score (nSPS) is 15.1. The molecule has 0 spiro atoms. The Balaban J connectivity index is 4.68. The summed E-state index contributed by atoms with van der Waals surface area (Å²) in [6.45, 7) is 2.41. The van der Waals surface area contributed by atoms with E-state index in [9.17, 15) is 28.9 Å². The van der Waals surface area contributed by atoms with Crippen molar-refractivity contribution in [2.45, 2.75) is 154 Å². The fourth-order valence-electron chi connectivity index (χ4n) is 4.88. The van der Waals surface area contributed by atoms with Gasteiger partial charge in [-0.15, -0.1) is 0 Å². The summed E-state index contributed by atoms with van der Waals surface area (Å²) in [7, 11) is -4.78.